The van der Waals surface area contributed by atoms with Crippen LogP contribution in [0.2, 0.25) is 0 Å². The molecule has 0 amide bonds. The van der Waals surface area contributed by atoms with Crippen LogP contribution in [-0.4, -0.2) is 48.1 Å². The van der Waals surface area contributed by atoms with Gasteiger partial charge in [-0.15, -0.1) is 0 Å². The zero-order valence-corrected chi connectivity index (χ0v) is 14.6. The summed E-state index contributed by atoms with van der Waals surface area (Å²) in [6.07, 6.45) is 11.7. The zero-order chi connectivity index (χ0) is 14.9. The summed E-state index contributed by atoms with van der Waals surface area (Å²) < 4.78 is 0. The van der Waals surface area contributed by atoms with Crippen LogP contribution in [0.3, 0.4) is 0 Å². The van der Waals surface area contributed by atoms with Crippen LogP contribution in [0.1, 0.15) is 72.1 Å². The molecule has 3 fully saturated rings. The maximum absolute atomic E-state index is 2.82. The molecule has 21 heavy (non-hydrogen) atoms. The Balaban J connectivity index is 1.43. The highest BCUT2D eigenvalue weighted by Crippen LogP contribution is 2.39. The van der Waals surface area contributed by atoms with E-state index in [4.69, 9.17) is 0 Å². The third kappa shape index (κ3) is 3.82. The van der Waals surface area contributed by atoms with E-state index in [-0.39, 0.29) is 0 Å². The van der Waals surface area contributed by atoms with Gasteiger partial charge in [-0.1, -0.05) is 33.6 Å². The summed E-state index contributed by atoms with van der Waals surface area (Å²) in [6.45, 7) is 12.6. The van der Waals surface area contributed by atoms with Crippen molar-refractivity contribution in [3.63, 3.8) is 0 Å². The van der Waals surface area contributed by atoms with Gasteiger partial charge in [-0.25, -0.2) is 0 Å². The molecule has 3 aliphatic rings. The molecule has 2 heteroatoms. The lowest BCUT2D eigenvalue weighted by atomic mass is 9.71. The van der Waals surface area contributed by atoms with Crippen LogP contribution in [-0.2, 0) is 0 Å². The lowest BCUT2D eigenvalue weighted by Crippen LogP contribution is -2.53. The Morgan fingerprint density at radius 2 is 1.05 bits per heavy atom. The first kappa shape index (κ1) is 15.8. The molecular weight excluding hydrogens is 256 g/mol. The Kier molecular flexibility index (Phi) is 4.95. The predicted octanol–water partition coefficient (Wildman–Crippen LogP) is 4.15. The fraction of sp³-hybridized carbons (Fsp3) is 1.00. The molecule has 0 aromatic heterocycles. The van der Waals surface area contributed by atoms with Gasteiger partial charge in [0.25, 0.3) is 0 Å². The van der Waals surface area contributed by atoms with Crippen molar-refractivity contribution in [1.29, 1.82) is 0 Å². The highest BCUT2D eigenvalue weighted by Gasteiger charge is 2.34. The topological polar surface area (TPSA) is 6.48 Å². The molecule has 1 heterocycles. The van der Waals surface area contributed by atoms with Gasteiger partial charge in [0, 0.05) is 38.3 Å². The van der Waals surface area contributed by atoms with E-state index >= 15 is 0 Å². The highest BCUT2D eigenvalue weighted by molar-refractivity contribution is 4.88. The van der Waals surface area contributed by atoms with E-state index in [1.54, 1.807) is 0 Å². The van der Waals surface area contributed by atoms with Crippen molar-refractivity contribution in [2.75, 3.05) is 26.2 Å². The summed E-state index contributed by atoms with van der Waals surface area (Å²) in [5.41, 5.74) is 0.520. The largest absolute Gasteiger partial charge is 0.298 e. The van der Waals surface area contributed by atoms with Crippen LogP contribution in [0, 0.1) is 11.3 Å². The third-order valence-electron chi connectivity index (χ3n) is 6.63. The van der Waals surface area contributed by atoms with Gasteiger partial charge in [0.1, 0.15) is 0 Å². The first-order valence-corrected chi connectivity index (χ1v) is 9.52. The lowest BCUT2D eigenvalue weighted by Gasteiger charge is -2.45. The van der Waals surface area contributed by atoms with Gasteiger partial charge in [-0.05, 0) is 49.9 Å². The lowest BCUT2D eigenvalue weighted by molar-refractivity contribution is 0.0402. The average Bonchev–Trinajstić information content (AvgIpc) is 3.01. The molecule has 0 atom stereocenters. The fourth-order valence-electron chi connectivity index (χ4n) is 5.04. The van der Waals surface area contributed by atoms with Crippen LogP contribution in [0.15, 0.2) is 0 Å². The molecule has 0 unspecified atom stereocenters. The summed E-state index contributed by atoms with van der Waals surface area (Å²) in [4.78, 5) is 5.62. The Bertz CT molecular complexity index is 311. The summed E-state index contributed by atoms with van der Waals surface area (Å²) in [5, 5.41) is 0. The van der Waals surface area contributed by atoms with E-state index in [0.29, 0.717) is 5.41 Å². The van der Waals surface area contributed by atoms with Crippen molar-refractivity contribution in [1.82, 2.24) is 9.80 Å². The normalized spacial score (nSPS) is 34.4. The SMILES string of the molecule is CC(C)(C)[C@H]1CC[C@H](N2CCN(C3CCCC3)CC2)CC1. The van der Waals surface area contributed by atoms with Gasteiger partial charge < -0.3 is 0 Å². The van der Waals surface area contributed by atoms with Crippen LogP contribution in [0.5, 0.6) is 0 Å². The minimum absolute atomic E-state index is 0.520. The molecule has 0 bridgehead atoms. The van der Waals surface area contributed by atoms with Crippen LogP contribution in [0.25, 0.3) is 0 Å². The number of nitrogens with zero attached hydrogens (tertiary/aromatic N) is 2. The summed E-state index contributed by atoms with van der Waals surface area (Å²) in [7, 11) is 0. The van der Waals surface area contributed by atoms with Gasteiger partial charge in [-0.2, -0.15) is 0 Å². The summed E-state index contributed by atoms with van der Waals surface area (Å²) in [5.74, 6) is 0.952. The standard InChI is InChI=1S/C19H36N2/c1-19(2,3)16-8-10-18(11-9-16)21-14-12-20(13-15-21)17-6-4-5-7-17/h16-18H,4-15H2,1-3H3/t16-,18-. The Morgan fingerprint density at radius 1 is 0.619 bits per heavy atom. The van der Waals surface area contributed by atoms with Crippen LogP contribution < -0.4 is 0 Å². The molecule has 1 aliphatic heterocycles. The molecular formula is C19H36N2. The van der Waals surface area contributed by atoms with Crippen molar-refractivity contribution in [2.24, 2.45) is 11.3 Å². The Morgan fingerprint density at radius 3 is 1.48 bits per heavy atom. The molecule has 2 saturated carbocycles. The van der Waals surface area contributed by atoms with Gasteiger partial charge >= 0.3 is 0 Å². The van der Waals surface area contributed by atoms with E-state index in [2.05, 4.69) is 30.6 Å². The first-order valence-electron chi connectivity index (χ1n) is 9.52. The molecule has 0 aromatic carbocycles. The quantitative estimate of drug-likeness (QED) is 0.754. The second kappa shape index (κ2) is 6.58. The maximum Gasteiger partial charge on any atom is 0.0113 e. The van der Waals surface area contributed by atoms with Crippen LogP contribution in [0.4, 0.5) is 0 Å². The molecule has 2 nitrogen and oxygen atoms in total. The zero-order valence-electron chi connectivity index (χ0n) is 14.6. The van der Waals surface area contributed by atoms with Crippen molar-refractivity contribution in [2.45, 2.75) is 84.2 Å². The minimum Gasteiger partial charge on any atom is -0.298 e. The second-order valence-corrected chi connectivity index (χ2v) is 8.88. The first-order chi connectivity index (χ1) is 10.0. The van der Waals surface area contributed by atoms with Crippen molar-refractivity contribution >= 4 is 0 Å². The van der Waals surface area contributed by atoms with E-state index in [0.717, 1.165) is 18.0 Å². The molecule has 3 rings (SSSR count). The Labute approximate surface area is 132 Å². The second-order valence-electron chi connectivity index (χ2n) is 8.88. The molecule has 0 N–H and O–H groups in total. The van der Waals surface area contributed by atoms with Gasteiger partial charge in [0.05, 0.1) is 0 Å². The number of piperazine rings is 1. The minimum atomic E-state index is 0.520. The molecule has 1 saturated heterocycles. The van der Waals surface area contributed by atoms with Gasteiger partial charge in [-0.3, -0.25) is 9.80 Å². The molecule has 0 aromatic rings. The highest BCUT2D eigenvalue weighted by atomic mass is 15.3. The smallest absolute Gasteiger partial charge is 0.0113 e. The molecule has 0 radical (unpaired) electrons. The van der Waals surface area contributed by atoms with Crippen molar-refractivity contribution in [3.8, 4) is 0 Å². The third-order valence-corrected chi connectivity index (χ3v) is 6.63. The number of hydrogen-bond acceptors (Lipinski definition) is 2. The van der Waals surface area contributed by atoms with E-state index in [9.17, 15) is 0 Å². The molecule has 2 aliphatic carbocycles. The predicted molar refractivity (Wildman–Crippen MR) is 90.6 cm³/mol. The fourth-order valence-corrected chi connectivity index (χ4v) is 5.04. The summed E-state index contributed by atoms with van der Waals surface area (Å²) in [6, 6.07) is 1.83. The van der Waals surface area contributed by atoms with E-state index < -0.39 is 0 Å². The Hall–Kier alpha value is -0.0800. The summed E-state index contributed by atoms with van der Waals surface area (Å²) >= 11 is 0. The van der Waals surface area contributed by atoms with E-state index in [1.165, 1.54) is 77.5 Å². The van der Waals surface area contributed by atoms with Gasteiger partial charge in [0.2, 0.25) is 0 Å². The maximum atomic E-state index is 2.82. The monoisotopic (exact) mass is 292 g/mol. The number of hydrogen-bond donors (Lipinski definition) is 0. The molecule has 122 valence electrons. The molecule has 0 spiro atoms. The average molecular weight is 293 g/mol. The van der Waals surface area contributed by atoms with Crippen molar-refractivity contribution in [3.05, 3.63) is 0 Å². The van der Waals surface area contributed by atoms with E-state index in [1.807, 2.05) is 0 Å². The number of rotatable bonds is 2. The van der Waals surface area contributed by atoms with Crippen LogP contribution >= 0.6 is 0 Å². The van der Waals surface area contributed by atoms with Crippen molar-refractivity contribution < 1.29 is 0 Å². The van der Waals surface area contributed by atoms with Gasteiger partial charge in [0.15, 0.2) is 0 Å².